The Morgan fingerprint density at radius 2 is 2.22 bits per heavy atom. The van der Waals surface area contributed by atoms with E-state index in [4.69, 9.17) is 5.11 Å². The number of benzene rings is 1. The van der Waals surface area contributed by atoms with Crippen LogP contribution in [0.15, 0.2) is 18.2 Å². The van der Waals surface area contributed by atoms with Crippen molar-refractivity contribution in [3.63, 3.8) is 0 Å². The number of hydrogen-bond donors (Lipinski definition) is 2. The van der Waals surface area contributed by atoms with E-state index < -0.39 is 0 Å². The Bertz CT molecular complexity index is 421. The minimum Gasteiger partial charge on any atom is -0.395 e. The van der Waals surface area contributed by atoms with Crippen LogP contribution in [0.25, 0.3) is 0 Å². The molecule has 0 bridgehead atoms. The molecule has 2 N–H and O–H groups in total. The number of aliphatic hydroxyl groups excluding tert-OH is 1. The molecule has 1 rings (SSSR count). The van der Waals surface area contributed by atoms with E-state index >= 15 is 0 Å². The molecule has 3 nitrogen and oxygen atoms in total. The van der Waals surface area contributed by atoms with Gasteiger partial charge in [-0.3, -0.25) is 4.79 Å². The smallest absolute Gasteiger partial charge is 0.251 e. The lowest BCUT2D eigenvalue weighted by molar-refractivity contribution is 0.0935. The molecule has 0 aliphatic carbocycles. The minimum atomic E-state index is -0.390. The fourth-order valence-electron chi connectivity index (χ4n) is 1.55. The second kappa shape index (κ2) is 6.75. The number of hydrogen-bond acceptors (Lipinski definition) is 3. The molecule has 0 aliphatic heterocycles. The Labute approximate surface area is 111 Å². The Hall–Kier alpha value is -1.07. The summed E-state index contributed by atoms with van der Waals surface area (Å²) in [6.07, 6.45) is 1.87. The molecule has 2 unspecified atom stereocenters. The van der Waals surface area contributed by atoms with Crippen molar-refractivity contribution in [2.45, 2.75) is 25.1 Å². The molecular weight excluding hydrogens is 253 g/mol. The van der Waals surface area contributed by atoms with E-state index in [1.165, 1.54) is 17.8 Å². The van der Waals surface area contributed by atoms with Crippen molar-refractivity contribution in [1.29, 1.82) is 0 Å². The van der Waals surface area contributed by atoms with Crippen LogP contribution < -0.4 is 5.32 Å². The molecule has 0 heterocycles. The maximum absolute atomic E-state index is 13.3. The number of halogens is 1. The number of carbonyl (C=O) groups excluding carboxylic acids is 1. The first kappa shape index (κ1) is 15.0. The third kappa shape index (κ3) is 3.71. The van der Waals surface area contributed by atoms with Crippen LogP contribution in [0.4, 0.5) is 4.39 Å². The summed E-state index contributed by atoms with van der Waals surface area (Å²) in [5.74, 6) is -0.715. The third-order valence-corrected chi connectivity index (χ3v) is 4.00. The van der Waals surface area contributed by atoms with Crippen molar-refractivity contribution in [2.75, 3.05) is 12.9 Å². The summed E-state index contributed by atoms with van der Waals surface area (Å²) in [6, 6.07) is 4.21. The summed E-state index contributed by atoms with van der Waals surface area (Å²) >= 11 is 1.48. The van der Waals surface area contributed by atoms with Crippen molar-refractivity contribution in [3.8, 4) is 0 Å². The largest absolute Gasteiger partial charge is 0.395 e. The lowest BCUT2D eigenvalue weighted by Gasteiger charge is -2.21. The van der Waals surface area contributed by atoms with E-state index in [-0.39, 0.29) is 29.6 Å². The highest BCUT2D eigenvalue weighted by Crippen LogP contribution is 2.12. The Balaban J connectivity index is 2.73. The van der Waals surface area contributed by atoms with Crippen molar-refractivity contribution in [3.05, 3.63) is 35.1 Å². The van der Waals surface area contributed by atoms with Gasteiger partial charge in [-0.2, -0.15) is 11.8 Å². The zero-order valence-corrected chi connectivity index (χ0v) is 11.6. The van der Waals surface area contributed by atoms with E-state index in [1.54, 1.807) is 19.1 Å². The first-order chi connectivity index (χ1) is 8.49. The lowest BCUT2D eigenvalue weighted by Crippen LogP contribution is -2.41. The van der Waals surface area contributed by atoms with Crippen molar-refractivity contribution >= 4 is 17.7 Å². The molecule has 0 fully saturated rings. The molecule has 0 aliphatic rings. The number of aliphatic hydroxyl groups is 1. The molecule has 0 saturated heterocycles. The normalized spacial score (nSPS) is 14.1. The van der Waals surface area contributed by atoms with Gasteiger partial charge in [0.2, 0.25) is 0 Å². The summed E-state index contributed by atoms with van der Waals surface area (Å²) < 4.78 is 13.3. The maximum Gasteiger partial charge on any atom is 0.251 e. The van der Waals surface area contributed by atoms with Crippen molar-refractivity contribution < 1.29 is 14.3 Å². The predicted octanol–water partition coefficient (Wildman–Crippen LogP) is 1.98. The van der Waals surface area contributed by atoms with E-state index in [0.717, 1.165) is 0 Å². The fraction of sp³-hybridized carbons (Fsp3) is 0.462. The van der Waals surface area contributed by atoms with Gasteiger partial charge in [0.15, 0.2) is 0 Å². The highest BCUT2D eigenvalue weighted by Gasteiger charge is 2.18. The van der Waals surface area contributed by atoms with Crippen LogP contribution in [-0.4, -0.2) is 35.2 Å². The van der Waals surface area contributed by atoms with Gasteiger partial charge < -0.3 is 10.4 Å². The molecule has 1 aromatic carbocycles. The first-order valence-corrected chi connectivity index (χ1v) is 6.99. The summed E-state index contributed by atoms with van der Waals surface area (Å²) in [5, 5.41) is 11.8. The van der Waals surface area contributed by atoms with E-state index in [1.807, 2.05) is 13.2 Å². The van der Waals surface area contributed by atoms with Gasteiger partial charge in [-0.15, -0.1) is 0 Å². The number of rotatable bonds is 5. The Morgan fingerprint density at radius 3 is 2.72 bits per heavy atom. The summed E-state index contributed by atoms with van der Waals surface area (Å²) in [6.45, 7) is 3.46. The standard InChI is InChI=1S/C13H18FNO2S/c1-8-4-5-10(6-11(8)14)13(17)15-9(2)12(7-16)18-3/h4-6,9,12,16H,7H2,1-3H3,(H,15,17). The second-order valence-corrected chi connectivity index (χ2v) is 5.26. The highest BCUT2D eigenvalue weighted by atomic mass is 32.2. The maximum atomic E-state index is 13.3. The van der Waals surface area contributed by atoms with Gasteiger partial charge in [0.1, 0.15) is 5.82 Å². The Morgan fingerprint density at radius 1 is 1.56 bits per heavy atom. The monoisotopic (exact) mass is 271 g/mol. The number of amides is 1. The van der Waals surface area contributed by atoms with Crippen LogP contribution in [0.1, 0.15) is 22.8 Å². The lowest BCUT2D eigenvalue weighted by atomic mass is 10.1. The molecule has 0 radical (unpaired) electrons. The molecule has 0 spiro atoms. The van der Waals surface area contributed by atoms with E-state index in [2.05, 4.69) is 5.32 Å². The molecule has 100 valence electrons. The average molecular weight is 271 g/mol. The van der Waals surface area contributed by atoms with Crippen LogP contribution in [0, 0.1) is 12.7 Å². The molecule has 5 heteroatoms. The molecule has 0 saturated carbocycles. The molecular formula is C13H18FNO2S. The average Bonchev–Trinajstić information content (AvgIpc) is 2.34. The van der Waals surface area contributed by atoms with Gasteiger partial charge >= 0.3 is 0 Å². The van der Waals surface area contributed by atoms with Crippen molar-refractivity contribution in [1.82, 2.24) is 5.32 Å². The topological polar surface area (TPSA) is 49.3 Å². The highest BCUT2D eigenvalue weighted by molar-refractivity contribution is 7.99. The van der Waals surface area contributed by atoms with Gasteiger partial charge in [-0.1, -0.05) is 6.07 Å². The zero-order valence-electron chi connectivity index (χ0n) is 10.7. The van der Waals surface area contributed by atoms with Gasteiger partial charge in [0, 0.05) is 16.9 Å². The summed E-state index contributed by atoms with van der Waals surface area (Å²) in [5.41, 5.74) is 0.805. The molecule has 18 heavy (non-hydrogen) atoms. The zero-order chi connectivity index (χ0) is 13.7. The Kier molecular flexibility index (Phi) is 5.62. The molecule has 2 atom stereocenters. The first-order valence-electron chi connectivity index (χ1n) is 5.70. The predicted molar refractivity (Wildman–Crippen MR) is 72.5 cm³/mol. The number of aryl methyl sites for hydroxylation is 1. The molecule has 0 aromatic heterocycles. The summed E-state index contributed by atoms with van der Waals surface area (Å²) in [4.78, 5) is 11.9. The van der Waals surface area contributed by atoms with Gasteiger partial charge in [0.25, 0.3) is 5.91 Å². The van der Waals surface area contributed by atoms with Crippen molar-refractivity contribution in [2.24, 2.45) is 0 Å². The van der Waals surface area contributed by atoms with Crippen LogP contribution in [-0.2, 0) is 0 Å². The van der Waals surface area contributed by atoms with Crippen LogP contribution in [0.3, 0.4) is 0 Å². The minimum absolute atomic E-state index is 0.00906. The number of thioether (sulfide) groups is 1. The van der Waals surface area contributed by atoms with Crippen LogP contribution >= 0.6 is 11.8 Å². The number of nitrogens with one attached hydrogen (secondary N) is 1. The molecule has 1 aromatic rings. The van der Waals surface area contributed by atoms with Gasteiger partial charge in [0.05, 0.1) is 6.61 Å². The van der Waals surface area contributed by atoms with Crippen LogP contribution in [0.5, 0.6) is 0 Å². The SMILES string of the molecule is CSC(CO)C(C)NC(=O)c1ccc(C)c(F)c1. The van der Waals surface area contributed by atoms with E-state index in [9.17, 15) is 9.18 Å². The van der Waals surface area contributed by atoms with Gasteiger partial charge in [-0.05, 0) is 37.8 Å². The number of carbonyl (C=O) groups is 1. The second-order valence-electron chi connectivity index (χ2n) is 4.18. The quantitative estimate of drug-likeness (QED) is 0.861. The van der Waals surface area contributed by atoms with Gasteiger partial charge in [-0.25, -0.2) is 4.39 Å². The fourth-order valence-corrected chi connectivity index (χ4v) is 2.18. The van der Waals surface area contributed by atoms with E-state index in [0.29, 0.717) is 11.1 Å². The summed E-state index contributed by atoms with van der Waals surface area (Å²) in [7, 11) is 0. The molecule has 1 amide bonds. The van der Waals surface area contributed by atoms with Crippen LogP contribution in [0.2, 0.25) is 0 Å². The third-order valence-electron chi connectivity index (χ3n) is 2.83.